The summed E-state index contributed by atoms with van der Waals surface area (Å²) in [7, 11) is 1.61. The zero-order valence-electron chi connectivity index (χ0n) is 21.9. The highest BCUT2D eigenvalue weighted by molar-refractivity contribution is 5.88. The summed E-state index contributed by atoms with van der Waals surface area (Å²) in [6, 6.07) is 9.83. The number of ether oxygens (including phenoxy) is 1. The van der Waals surface area contributed by atoms with E-state index in [4.69, 9.17) is 19.1 Å². The summed E-state index contributed by atoms with van der Waals surface area (Å²) in [6.45, 7) is 9.01. The van der Waals surface area contributed by atoms with Gasteiger partial charge in [-0.3, -0.25) is 4.98 Å². The molecule has 5 rings (SSSR count). The number of aryl methyl sites for hydroxylation is 2. The van der Waals surface area contributed by atoms with Gasteiger partial charge in [0.05, 0.1) is 36.3 Å². The maximum Gasteiger partial charge on any atom is 0.225 e. The highest BCUT2D eigenvalue weighted by Crippen LogP contribution is 2.41. The van der Waals surface area contributed by atoms with Crippen LogP contribution in [0.1, 0.15) is 37.4 Å². The molecule has 0 unspecified atom stereocenters. The van der Waals surface area contributed by atoms with Crippen LogP contribution >= 0.6 is 0 Å². The molecule has 4 aromatic heterocycles. The van der Waals surface area contributed by atoms with Crippen molar-refractivity contribution < 1.29 is 14.3 Å². The molecule has 0 bridgehead atoms. The molecule has 0 saturated heterocycles. The van der Waals surface area contributed by atoms with Crippen LogP contribution in [0, 0.1) is 31.6 Å². The van der Waals surface area contributed by atoms with E-state index in [0.29, 0.717) is 47.4 Å². The Morgan fingerprint density at radius 2 is 1.92 bits per heavy atom. The van der Waals surface area contributed by atoms with Crippen molar-refractivity contribution in [3.63, 3.8) is 0 Å². The van der Waals surface area contributed by atoms with Gasteiger partial charge < -0.3 is 24.9 Å². The van der Waals surface area contributed by atoms with E-state index in [1.807, 2.05) is 44.2 Å². The topological polar surface area (TPSA) is 118 Å². The number of hydrogen-bond acceptors (Lipinski definition) is 9. The van der Waals surface area contributed by atoms with Gasteiger partial charge in [-0.05, 0) is 56.2 Å². The van der Waals surface area contributed by atoms with Gasteiger partial charge in [-0.25, -0.2) is 9.97 Å². The second-order valence-electron chi connectivity index (χ2n) is 9.96. The molecule has 37 heavy (non-hydrogen) atoms. The monoisotopic (exact) mass is 502 g/mol. The zero-order chi connectivity index (χ0) is 26.1. The molecule has 0 aliphatic heterocycles. The fourth-order valence-electron chi connectivity index (χ4n) is 5.29. The van der Waals surface area contributed by atoms with E-state index in [-0.39, 0.29) is 18.6 Å². The maximum atomic E-state index is 9.89. The molecule has 1 aliphatic rings. The molecule has 9 heteroatoms. The van der Waals surface area contributed by atoms with E-state index in [1.165, 1.54) is 0 Å². The number of rotatable bonds is 8. The molecule has 4 atom stereocenters. The summed E-state index contributed by atoms with van der Waals surface area (Å²) in [5.74, 6) is 3.47. The summed E-state index contributed by atoms with van der Waals surface area (Å²) in [5.41, 5.74) is 3.97. The van der Waals surface area contributed by atoms with Gasteiger partial charge in [-0.15, -0.1) is 0 Å². The first-order valence-electron chi connectivity index (χ1n) is 12.7. The van der Waals surface area contributed by atoms with Crippen LogP contribution < -0.4 is 15.4 Å². The first-order valence-corrected chi connectivity index (χ1v) is 12.7. The number of aliphatic hydroxyl groups is 1. The Kier molecular flexibility index (Phi) is 6.97. The fourth-order valence-corrected chi connectivity index (χ4v) is 5.29. The number of hydrogen-bond donors (Lipinski definition) is 3. The van der Waals surface area contributed by atoms with Crippen molar-refractivity contribution >= 4 is 22.7 Å². The molecule has 0 radical (unpaired) electrons. The third-order valence-electron chi connectivity index (χ3n) is 7.67. The van der Waals surface area contributed by atoms with Gasteiger partial charge in [0.2, 0.25) is 11.8 Å². The number of aliphatic hydroxyl groups excluding tert-OH is 1. The molecule has 4 heterocycles. The second-order valence-corrected chi connectivity index (χ2v) is 9.96. The molecule has 0 amide bonds. The number of methoxy groups -OCH3 is 1. The number of furan rings is 1. The van der Waals surface area contributed by atoms with Gasteiger partial charge >= 0.3 is 0 Å². The van der Waals surface area contributed by atoms with E-state index >= 15 is 0 Å². The number of nitrogens with one attached hydrogen (secondary N) is 2. The van der Waals surface area contributed by atoms with Crippen LogP contribution in [0.3, 0.4) is 0 Å². The molecule has 0 spiro atoms. The molecular weight excluding hydrogens is 468 g/mol. The Morgan fingerprint density at radius 1 is 1.08 bits per heavy atom. The Bertz CT molecular complexity index is 1390. The van der Waals surface area contributed by atoms with Crippen LogP contribution in [-0.2, 0) is 6.54 Å². The van der Waals surface area contributed by atoms with Gasteiger partial charge in [0.1, 0.15) is 11.6 Å². The number of nitrogens with zero attached hydrogens (tertiary/aromatic N) is 4. The minimum Gasteiger partial charge on any atom is -0.481 e. The maximum absolute atomic E-state index is 9.89. The molecule has 1 fully saturated rings. The van der Waals surface area contributed by atoms with Crippen LogP contribution in [0.4, 0.5) is 11.8 Å². The van der Waals surface area contributed by atoms with Gasteiger partial charge in [0, 0.05) is 30.3 Å². The standard InChI is InChI=1S/C28H34N6O3/c1-15-16(2)22(10-20(15)14-35)33-27-25(23-11-19-12-24(36-5)31-18(4)26(19)37-23)17(3)32-28(34-27)30-13-21-8-6-7-9-29-21/h6-9,11-12,15-16,20,22,35H,10,13-14H2,1-5H3,(H2,30,32,33,34)/t15-,16+,20+,22+/m0/s1. The largest absolute Gasteiger partial charge is 0.481 e. The SMILES string of the molecule is COc1cc2cc(-c3c(C)nc(NCc4ccccn4)nc3N[C@@H]3C[C@H](CO)[C@@H](C)[C@H]3C)oc2c(C)n1. The lowest BCUT2D eigenvalue weighted by atomic mass is 9.92. The van der Waals surface area contributed by atoms with Crippen LogP contribution in [-0.4, -0.2) is 44.8 Å². The van der Waals surface area contributed by atoms with Crippen molar-refractivity contribution in [2.75, 3.05) is 24.4 Å². The molecule has 1 aliphatic carbocycles. The van der Waals surface area contributed by atoms with Gasteiger partial charge in [-0.2, -0.15) is 4.98 Å². The molecule has 0 aromatic carbocycles. The van der Waals surface area contributed by atoms with Crippen molar-refractivity contribution in [1.82, 2.24) is 19.9 Å². The predicted molar refractivity (Wildman–Crippen MR) is 144 cm³/mol. The van der Waals surface area contributed by atoms with Crippen molar-refractivity contribution in [2.24, 2.45) is 17.8 Å². The van der Waals surface area contributed by atoms with Gasteiger partial charge in [0.25, 0.3) is 0 Å². The normalized spacial score (nSPS) is 21.4. The predicted octanol–water partition coefficient (Wildman–Crippen LogP) is 4.98. The van der Waals surface area contributed by atoms with E-state index in [9.17, 15) is 5.11 Å². The third kappa shape index (κ3) is 4.96. The minimum atomic E-state index is 0.164. The van der Waals surface area contributed by atoms with Crippen LogP contribution in [0.5, 0.6) is 5.88 Å². The summed E-state index contributed by atoms with van der Waals surface area (Å²) in [5, 5.41) is 17.8. The average Bonchev–Trinajstić information content (AvgIpc) is 3.44. The van der Waals surface area contributed by atoms with Crippen molar-refractivity contribution in [1.29, 1.82) is 0 Å². The van der Waals surface area contributed by atoms with Crippen LogP contribution in [0.2, 0.25) is 0 Å². The summed E-state index contributed by atoms with van der Waals surface area (Å²) < 4.78 is 11.7. The number of aromatic nitrogens is 4. The zero-order valence-corrected chi connectivity index (χ0v) is 21.9. The van der Waals surface area contributed by atoms with E-state index in [1.54, 1.807) is 13.3 Å². The summed E-state index contributed by atoms with van der Waals surface area (Å²) in [4.78, 5) is 18.5. The Balaban J connectivity index is 1.55. The molecule has 4 aromatic rings. The van der Waals surface area contributed by atoms with E-state index in [2.05, 4.69) is 34.4 Å². The van der Waals surface area contributed by atoms with E-state index < -0.39 is 0 Å². The smallest absolute Gasteiger partial charge is 0.225 e. The first-order chi connectivity index (χ1) is 17.9. The Morgan fingerprint density at radius 3 is 2.62 bits per heavy atom. The van der Waals surface area contributed by atoms with Crippen molar-refractivity contribution in [3.05, 3.63) is 53.6 Å². The lowest BCUT2D eigenvalue weighted by molar-refractivity contribution is 0.191. The molecular formula is C28H34N6O3. The lowest BCUT2D eigenvalue weighted by Crippen LogP contribution is -2.25. The number of anilines is 2. The molecule has 194 valence electrons. The van der Waals surface area contributed by atoms with Crippen LogP contribution in [0.25, 0.3) is 22.3 Å². The Hall–Kier alpha value is -3.72. The average molecular weight is 503 g/mol. The molecule has 1 saturated carbocycles. The Labute approximate surface area is 216 Å². The summed E-state index contributed by atoms with van der Waals surface area (Å²) >= 11 is 0. The highest BCUT2D eigenvalue weighted by Gasteiger charge is 2.38. The minimum absolute atomic E-state index is 0.164. The molecule has 9 nitrogen and oxygen atoms in total. The third-order valence-corrected chi connectivity index (χ3v) is 7.67. The lowest BCUT2D eigenvalue weighted by Gasteiger charge is -2.22. The fraction of sp³-hybridized carbons (Fsp3) is 0.429. The highest BCUT2D eigenvalue weighted by atomic mass is 16.5. The summed E-state index contributed by atoms with van der Waals surface area (Å²) in [6.07, 6.45) is 2.64. The second kappa shape index (κ2) is 10.3. The first kappa shape index (κ1) is 25.0. The number of fused-ring (bicyclic) bond motifs is 1. The van der Waals surface area contributed by atoms with Gasteiger partial charge in [-0.1, -0.05) is 19.9 Å². The van der Waals surface area contributed by atoms with Gasteiger partial charge in [0.15, 0.2) is 5.58 Å². The van der Waals surface area contributed by atoms with Crippen LogP contribution in [0.15, 0.2) is 40.9 Å². The van der Waals surface area contributed by atoms with E-state index in [0.717, 1.165) is 34.5 Å². The number of pyridine rings is 2. The quantitative estimate of drug-likeness (QED) is 0.306. The van der Waals surface area contributed by atoms with Crippen molar-refractivity contribution in [2.45, 2.75) is 46.7 Å². The van der Waals surface area contributed by atoms with Crippen molar-refractivity contribution in [3.8, 4) is 17.2 Å². The molecule has 3 N–H and O–H groups in total.